The summed E-state index contributed by atoms with van der Waals surface area (Å²) < 4.78 is 5.15. The minimum atomic E-state index is -0.297. The Labute approximate surface area is 163 Å². The van der Waals surface area contributed by atoms with E-state index in [1.54, 1.807) is 28.2 Å². The molecule has 2 amide bonds. The third kappa shape index (κ3) is 4.90. The van der Waals surface area contributed by atoms with Gasteiger partial charge in [-0.05, 0) is 30.7 Å². The smallest absolute Gasteiger partial charge is 0.275 e. The zero-order valence-electron chi connectivity index (χ0n) is 15.5. The number of nitrogens with zero attached hydrogens (tertiary/aromatic N) is 4. The summed E-state index contributed by atoms with van der Waals surface area (Å²) in [6, 6.07) is 3.93. The summed E-state index contributed by atoms with van der Waals surface area (Å²) in [4.78, 5) is 39.0. The molecule has 0 spiro atoms. The van der Waals surface area contributed by atoms with E-state index in [1.165, 1.54) is 12.4 Å². The first-order valence-electron chi connectivity index (χ1n) is 9.11. The van der Waals surface area contributed by atoms with Gasteiger partial charge < -0.3 is 14.5 Å². The summed E-state index contributed by atoms with van der Waals surface area (Å²) in [6.45, 7) is 2.68. The van der Waals surface area contributed by atoms with Crippen LogP contribution in [0.3, 0.4) is 0 Å². The Hall–Kier alpha value is -2.32. The van der Waals surface area contributed by atoms with Crippen molar-refractivity contribution in [3.05, 3.63) is 46.2 Å². The molecule has 1 fully saturated rings. The van der Waals surface area contributed by atoms with Gasteiger partial charge in [0.25, 0.3) is 11.8 Å². The maximum absolute atomic E-state index is 13.2. The van der Waals surface area contributed by atoms with E-state index in [2.05, 4.69) is 9.97 Å². The highest BCUT2D eigenvalue weighted by Gasteiger charge is 2.28. The molecule has 0 radical (unpaired) electrons. The summed E-state index contributed by atoms with van der Waals surface area (Å²) in [5.41, 5.74) is 0.249. The summed E-state index contributed by atoms with van der Waals surface area (Å²) in [5.74, 6) is -0.511. The number of methoxy groups -OCH3 is 1. The molecule has 0 aromatic carbocycles. The Balaban J connectivity index is 1.84. The fourth-order valence-electron chi connectivity index (χ4n) is 3.09. The molecule has 8 heteroatoms. The second kappa shape index (κ2) is 9.57. The summed E-state index contributed by atoms with van der Waals surface area (Å²) in [6.07, 6.45) is 6.01. The van der Waals surface area contributed by atoms with E-state index in [-0.39, 0.29) is 23.2 Å². The van der Waals surface area contributed by atoms with Gasteiger partial charge in [0.1, 0.15) is 0 Å². The van der Waals surface area contributed by atoms with Crippen molar-refractivity contribution in [3.63, 3.8) is 0 Å². The lowest BCUT2D eigenvalue weighted by Gasteiger charge is -2.27. The summed E-state index contributed by atoms with van der Waals surface area (Å²) in [5, 5.41) is 1.97. The van der Waals surface area contributed by atoms with E-state index >= 15 is 0 Å². The number of hydrogen-bond acceptors (Lipinski definition) is 6. The molecule has 27 heavy (non-hydrogen) atoms. The van der Waals surface area contributed by atoms with E-state index in [0.29, 0.717) is 32.8 Å². The molecule has 0 atom stereocenters. The molecule has 1 aliphatic rings. The van der Waals surface area contributed by atoms with Crippen molar-refractivity contribution < 1.29 is 14.3 Å². The van der Waals surface area contributed by atoms with Crippen LogP contribution in [0.4, 0.5) is 0 Å². The lowest BCUT2D eigenvalue weighted by Crippen LogP contribution is -2.39. The van der Waals surface area contributed by atoms with Crippen molar-refractivity contribution in [2.24, 2.45) is 0 Å². The molecule has 1 saturated heterocycles. The average Bonchev–Trinajstić information content (AvgIpc) is 3.24. The number of thiophene rings is 1. The molecule has 7 nitrogen and oxygen atoms in total. The van der Waals surface area contributed by atoms with Crippen molar-refractivity contribution in [2.45, 2.75) is 25.8 Å². The van der Waals surface area contributed by atoms with Gasteiger partial charge in [0.15, 0.2) is 11.4 Å². The van der Waals surface area contributed by atoms with Crippen molar-refractivity contribution in [2.75, 3.05) is 33.4 Å². The minimum absolute atomic E-state index is 0.112. The van der Waals surface area contributed by atoms with Gasteiger partial charge in [0.2, 0.25) is 0 Å². The molecular weight excluding hydrogens is 364 g/mol. The van der Waals surface area contributed by atoms with Gasteiger partial charge in [-0.15, -0.1) is 11.3 Å². The second-order valence-corrected chi connectivity index (χ2v) is 7.44. The maximum Gasteiger partial charge on any atom is 0.275 e. The first kappa shape index (κ1) is 19.4. The van der Waals surface area contributed by atoms with E-state index < -0.39 is 0 Å². The van der Waals surface area contributed by atoms with Crippen LogP contribution in [-0.2, 0) is 11.3 Å². The molecule has 144 valence electrons. The standard InChI is InChI=1S/C19H24N4O3S/c1-26-12-11-23(14-15-6-5-13-27-15)19(25)17-16(20-7-8-21-17)18(24)22-9-3-2-4-10-22/h5-8,13H,2-4,9-12,14H2,1H3. The lowest BCUT2D eigenvalue weighted by molar-refractivity contribution is 0.0650. The molecule has 2 aromatic heterocycles. The number of likely N-dealkylation sites (tertiary alicyclic amines) is 1. The van der Waals surface area contributed by atoms with Crippen LogP contribution in [0, 0.1) is 0 Å². The molecule has 3 rings (SSSR count). The van der Waals surface area contributed by atoms with Crippen LogP contribution in [0.2, 0.25) is 0 Å². The van der Waals surface area contributed by atoms with Gasteiger partial charge in [0, 0.05) is 44.0 Å². The van der Waals surface area contributed by atoms with Crippen LogP contribution in [0.5, 0.6) is 0 Å². The van der Waals surface area contributed by atoms with Crippen LogP contribution >= 0.6 is 11.3 Å². The lowest BCUT2D eigenvalue weighted by atomic mass is 10.1. The minimum Gasteiger partial charge on any atom is -0.383 e. The van der Waals surface area contributed by atoms with Gasteiger partial charge in [0.05, 0.1) is 13.2 Å². The van der Waals surface area contributed by atoms with E-state index in [9.17, 15) is 9.59 Å². The quantitative estimate of drug-likeness (QED) is 0.728. The molecule has 0 N–H and O–H groups in total. The SMILES string of the molecule is COCCN(Cc1cccs1)C(=O)c1nccnc1C(=O)N1CCCCC1. The molecule has 0 bridgehead atoms. The normalized spacial score (nSPS) is 14.2. The van der Waals surface area contributed by atoms with Gasteiger partial charge in [-0.2, -0.15) is 0 Å². The average molecular weight is 388 g/mol. The molecule has 2 aromatic rings. The number of ether oxygens (including phenoxy) is 1. The maximum atomic E-state index is 13.2. The Morgan fingerprint density at radius 1 is 1.19 bits per heavy atom. The zero-order valence-corrected chi connectivity index (χ0v) is 16.3. The second-order valence-electron chi connectivity index (χ2n) is 6.41. The predicted molar refractivity (Wildman–Crippen MR) is 103 cm³/mol. The Morgan fingerprint density at radius 3 is 2.59 bits per heavy atom. The van der Waals surface area contributed by atoms with E-state index in [1.807, 2.05) is 17.5 Å². The number of hydrogen-bond donors (Lipinski definition) is 0. The highest BCUT2D eigenvalue weighted by atomic mass is 32.1. The number of amides is 2. The van der Waals surface area contributed by atoms with Gasteiger partial charge >= 0.3 is 0 Å². The van der Waals surface area contributed by atoms with E-state index in [4.69, 9.17) is 4.74 Å². The Bertz CT molecular complexity index is 760. The Morgan fingerprint density at radius 2 is 1.93 bits per heavy atom. The number of rotatable bonds is 7. The third-order valence-electron chi connectivity index (χ3n) is 4.53. The zero-order chi connectivity index (χ0) is 19.1. The topological polar surface area (TPSA) is 75.6 Å². The van der Waals surface area contributed by atoms with Gasteiger partial charge in [-0.3, -0.25) is 9.59 Å². The number of carbonyl (C=O) groups is 2. The summed E-state index contributed by atoms with van der Waals surface area (Å²) >= 11 is 1.58. The molecule has 3 heterocycles. The van der Waals surface area contributed by atoms with Crippen LogP contribution < -0.4 is 0 Å². The monoisotopic (exact) mass is 388 g/mol. The first-order valence-corrected chi connectivity index (χ1v) is 9.99. The molecule has 0 unspecified atom stereocenters. The number of aromatic nitrogens is 2. The van der Waals surface area contributed by atoms with Crippen LogP contribution in [0.15, 0.2) is 29.9 Å². The van der Waals surface area contributed by atoms with Crippen LogP contribution in [-0.4, -0.2) is 64.9 Å². The fourth-order valence-corrected chi connectivity index (χ4v) is 3.81. The number of carbonyl (C=O) groups excluding carboxylic acids is 2. The first-order chi connectivity index (χ1) is 13.2. The largest absolute Gasteiger partial charge is 0.383 e. The predicted octanol–water partition coefficient (Wildman–Crippen LogP) is 2.45. The van der Waals surface area contributed by atoms with Gasteiger partial charge in [-0.1, -0.05) is 6.07 Å². The molecule has 1 aliphatic heterocycles. The van der Waals surface area contributed by atoms with Crippen LogP contribution in [0.1, 0.15) is 45.1 Å². The molecule has 0 saturated carbocycles. The van der Waals surface area contributed by atoms with Crippen LogP contribution in [0.25, 0.3) is 0 Å². The highest BCUT2D eigenvalue weighted by molar-refractivity contribution is 7.09. The fraction of sp³-hybridized carbons (Fsp3) is 0.474. The van der Waals surface area contributed by atoms with Crippen molar-refractivity contribution in [1.82, 2.24) is 19.8 Å². The Kier molecular flexibility index (Phi) is 6.89. The number of piperidine rings is 1. The van der Waals surface area contributed by atoms with Crippen molar-refractivity contribution in [1.29, 1.82) is 0 Å². The van der Waals surface area contributed by atoms with E-state index in [0.717, 1.165) is 24.1 Å². The van der Waals surface area contributed by atoms with Crippen molar-refractivity contribution >= 4 is 23.2 Å². The van der Waals surface area contributed by atoms with Crippen molar-refractivity contribution in [3.8, 4) is 0 Å². The third-order valence-corrected chi connectivity index (χ3v) is 5.39. The van der Waals surface area contributed by atoms with Gasteiger partial charge in [-0.25, -0.2) is 9.97 Å². The molecule has 0 aliphatic carbocycles. The highest BCUT2D eigenvalue weighted by Crippen LogP contribution is 2.17. The summed E-state index contributed by atoms with van der Waals surface area (Å²) in [7, 11) is 1.60. The molecular formula is C19H24N4O3S.